The summed E-state index contributed by atoms with van der Waals surface area (Å²) in [6.45, 7) is 5.89. The maximum Gasteiger partial charge on any atom is 0.251 e. The van der Waals surface area contributed by atoms with E-state index in [1.54, 1.807) is 20.0 Å². The molecule has 7 nitrogen and oxygen atoms in total. The topological polar surface area (TPSA) is 91.0 Å². The Bertz CT molecular complexity index is 800. The van der Waals surface area contributed by atoms with E-state index in [2.05, 4.69) is 25.2 Å². The van der Waals surface area contributed by atoms with E-state index in [1.165, 1.54) is 6.07 Å². The van der Waals surface area contributed by atoms with E-state index in [9.17, 15) is 9.59 Å². The van der Waals surface area contributed by atoms with Crippen molar-refractivity contribution in [1.29, 1.82) is 0 Å². The predicted molar refractivity (Wildman–Crippen MR) is 96.4 cm³/mol. The highest BCUT2D eigenvalue weighted by Crippen LogP contribution is 2.23. The lowest BCUT2D eigenvalue weighted by Crippen LogP contribution is -2.40. The lowest BCUT2D eigenvalue weighted by atomic mass is 9.98. The van der Waals surface area contributed by atoms with Gasteiger partial charge in [-0.25, -0.2) is 9.97 Å². The fourth-order valence-corrected chi connectivity index (χ4v) is 3.16. The van der Waals surface area contributed by atoms with Gasteiger partial charge in [-0.15, -0.1) is 0 Å². The van der Waals surface area contributed by atoms with Gasteiger partial charge in [-0.1, -0.05) is 0 Å². The second-order valence-corrected chi connectivity index (χ2v) is 6.53. The first-order chi connectivity index (χ1) is 12.0. The number of aryl methyl sites for hydroxylation is 1. The molecule has 3 rings (SSSR count). The number of carbonyl (C=O) groups is 1. The molecule has 0 aliphatic carbocycles. The lowest BCUT2D eigenvalue weighted by Gasteiger charge is -2.33. The molecule has 1 unspecified atom stereocenters. The number of aromatic amines is 1. The van der Waals surface area contributed by atoms with Gasteiger partial charge in [-0.2, -0.15) is 0 Å². The minimum atomic E-state index is -0.163. The average molecular weight is 341 g/mol. The Morgan fingerprint density at radius 1 is 1.44 bits per heavy atom. The van der Waals surface area contributed by atoms with E-state index in [0.29, 0.717) is 24.0 Å². The highest BCUT2D eigenvalue weighted by atomic mass is 16.1. The van der Waals surface area contributed by atoms with Crippen molar-refractivity contribution >= 4 is 11.7 Å². The first kappa shape index (κ1) is 17.1. The number of nitrogens with zero attached hydrogens (tertiary/aromatic N) is 3. The molecule has 0 radical (unpaired) electrons. The summed E-state index contributed by atoms with van der Waals surface area (Å²) < 4.78 is 0. The molecule has 1 amide bonds. The largest absolute Gasteiger partial charge is 0.356 e. The van der Waals surface area contributed by atoms with Crippen LogP contribution in [0.4, 0.5) is 5.82 Å². The van der Waals surface area contributed by atoms with Gasteiger partial charge in [0.2, 0.25) is 5.91 Å². The zero-order valence-electron chi connectivity index (χ0n) is 14.6. The van der Waals surface area contributed by atoms with E-state index in [1.807, 2.05) is 12.1 Å². The van der Waals surface area contributed by atoms with Crippen LogP contribution in [0.15, 0.2) is 29.2 Å². The fraction of sp³-hybridized carbons (Fsp3) is 0.444. The van der Waals surface area contributed by atoms with Crippen molar-refractivity contribution in [3.63, 3.8) is 0 Å². The van der Waals surface area contributed by atoms with Gasteiger partial charge in [0.1, 0.15) is 11.6 Å². The normalized spacial score (nSPS) is 17.4. The maximum absolute atomic E-state index is 11.6. The van der Waals surface area contributed by atoms with Gasteiger partial charge >= 0.3 is 0 Å². The van der Waals surface area contributed by atoms with Crippen molar-refractivity contribution < 1.29 is 4.79 Å². The van der Waals surface area contributed by atoms with Gasteiger partial charge in [0.25, 0.3) is 5.56 Å². The van der Waals surface area contributed by atoms with Crippen LogP contribution in [0, 0.1) is 12.8 Å². The monoisotopic (exact) mass is 341 g/mol. The summed E-state index contributed by atoms with van der Waals surface area (Å²) in [4.78, 5) is 36.6. The third kappa shape index (κ3) is 4.43. The number of hydrogen-bond acceptors (Lipinski definition) is 5. The number of piperidine rings is 1. The van der Waals surface area contributed by atoms with Crippen LogP contribution in [-0.4, -0.2) is 40.5 Å². The lowest BCUT2D eigenvalue weighted by molar-refractivity contribution is -0.119. The van der Waals surface area contributed by atoms with Gasteiger partial charge in [-0.3, -0.25) is 9.59 Å². The Labute approximate surface area is 146 Å². The molecule has 2 aromatic heterocycles. The van der Waals surface area contributed by atoms with Crippen LogP contribution in [-0.2, 0) is 4.79 Å². The van der Waals surface area contributed by atoms with Gasteiger partial charge < -0.3 is 15.2 Å². The molecule has 3 heterocycles. The molecule has 7 heteroatoms. The zero-order valence-corrected chi connectivity index (χ0v) is 14.6. The van der Waals surface area contributed by atoms with Crippen LogP contribution in [0.25, 0.3) is 11.4 Å². The molecule has 1 fully saturated rings. The predicted octanol–water partition coefficient (Wildman–Crippen LogP) is 1.49. The van der Waals surface area contributed by atoms with E-state index < -0.39 is 0 Å². The number of nitrogens with one attached hydrogen (secondary N) is 2. The highest BCUT2D eigenvalue weighted by Gasteiger charge is 2.21. The molecular weight excluding hydrogens is 318 g/mol. The Kier molecular flexibility index (Phi) is 5.11. The van der Waals surface area contributed by atoms with Crippen LogP contribution in [0.3, 0.4) is 0 Å². The van der Waals surface area contributed by atoms with E-state index in [4.69, 9.17) is 0 Å². The number of aromatic nitrogens is 3. The molecule has 0 saturated carbocycles. The van der Waals surface area contributed by atoms with Crippen molar-refractivity contribution in [1.82, 2.24) is 20.3 Å². The first-order valence-corrected chi connectivity index (χ1v) is 8.55. The van der Waals surface area contributed by atoms with Crippen LogP contribution >= 0.6 is 0 Å². The van der Waals surface area contributed by atoms with Crippen molar-refractivity contribution in [2.24, 2.45) is 5.92 Å². The standard InChI is InChI=1S/C18H23N5O2/c1-12-8-17(25)22-18(21-12)15-5-6-16(20-10-15)23-7-3-4-14(11-23)9-19-13(2)24/h5-6,8,10,14H,3-4,7,9,11H2,1-2H3,(H,19,24)(H,21,22,25). The second kappa shape index (κ2) is 7.46. The molecule has 1 saturated heterocycles. The van der Waals surface area contributed by atoms with Crippen LogP contribution in [0.1, 0.15) is 25.5 Å². The summed E-state index contributed by atoms with van der Waals surface area (Å²) in [6.07, 6.45) is 3.94. The minimum absolute atomic E-state index is 0.0132. The Morgan fingerprint density at radius 3 is 2.96 bits per heavy atom. The molecule has 1 aliphatic rings. The van der Waals surface area contributed by atoms with E-state index in [-0.39, 0.29) is 11.5 Å². The van der Waals surface area contributed by atoms with Gasteiger partial charge in [-0.05, 0) is 37.8 Å². The quantitative estimate of drug-likeness (QED) is 0.879. The van der Waals surface area contributed by atoms with Gasteiger partial charge in [0.15, 0.2) is 0 Å². The molecule has 132 valence electrons. The molecule has 1 atom stereocenters. The Hall–Kier alpha value is -2.70. The molecule has 0 aromatic carbocycles. The summed E-state index contributed by atoms with van der Waals surface area (Å²) >= 11 is 0. The van der Waals surface area contributed by atoms with Crippen LogP contribution in [0.5, 0.6) is 0 Å². The first-order valence-electron chi connectivity index (χ1n) is 8.55. The smallest absolute Gasteiger partial charge is 0.251 e. The maximum atomic E-state index is 11.6. The zero-order chi connectivity index (χ0) is 17.8. The van der Waals surface area contributed by atoms with Crippen molar-refractivity contribution in [3.05, 3.63) is 40.4 Å². The van der Waals surface area contributed by atoms with Gasteiger partial charge in [0, 0.05) is 50.1 Å². The second-order valence-electron chi connectivity index (χ2n) is 6.53. The fourth-order valence-electron chi connectivity index (χ4n) is 3.16. The third-order valence-corrected chi connectivity index (χ3v) is 4.37. The number of amides is 1. The number of hydrogen-bond donors (Lipinski definition) is 2. The summed E-state index contributed by atoms with van der Waals surface area (Å²) in [7, 11) is 0. The summed E-state index contributed by atoms with van der Waals surface area (Å²) in [5, 5.41) is 2.90. The summed E-state index contributed by atoms with van der Waals surface area (Å²) in [6, 6.07) is 5.35. The SMILES string of the molecule is CC(=O)NCC1CCCN(c2ccc(-c3nc(C)cc(=O)[nH]3)cn2)C1. The van der Waals surface area contributed by atoms with Crippen LogP contribution < -0.4 is 15.8 Å². The Morgan fingerprint density at radius 2 is 2.28 bits per heavy atom. The number of pyridine rings is 1. The Balaban J connectivity index is 1.71. The summed E-state index contributed by atoms with van der Waals surface area (Å²) in [5.74, 6) is 1.89. The molecule has 2 aromatic rings. The minimum Gasteiger partial charge on any atom is -0.356 e. The van der Waals surface area contributed by atoms with Gasteiger partial charge in [0.05, 0.1) is 0 Å². The highest BCUT2D eigenvalue weighted by molar-refractivity contribution is 5.72. The number of carbonyl (C=O) groups excluding carboxylic acids is 1. The molecule has 0 bridgehead atoms. The summed E-state index contributed by atoms with van der Waals surface area (Å²) in [5.41, 5.74) is 1.31. The van der Waals surface area contributed by atoms with Crippen LogP contribution in [0.2, 0.25) is 0 Å². The molecule has 2 N–H and O–H groups in total. The third-order valence-electron chi connectivity index (χ3n) is 4.37. The number of H-pyrrole nitrogens is 1. The number of rotatable bonds is 4. The molecule has 1 aliphatic heterocycles. The van der Waals surface area contributed by atoms with E-state index in [0.717, 1.165) is 37.3 Å². The molecule has 25 heavy (non-hydrogen) atoms. The van der Waals surface area contributed by atoms with Crippen molar-refractivity contribution in [2.75, 3.05) is 24.5 Å². The number of anilines is 1. The van der Waals surface area contributed by atoms with Crippen molar-refractivity contribution in [3.8, 4) is 11.4 Å². The molecular formula is C18H23N5O2. The van der Waals surface area contributed by atoms with Crippen molar-refractivity contribution in [2.45, 2.75) is 26.7 Å². The van der Waals surface area contributed by atoms with E-state index >= 15 is 0 Å². The average Bonchev–Trinajstić information content (AvgIpc) is 2.59. The molecule has 0 spiro atoms.